The number of nitrogens with zero attached hydrogens (tertiary/aromatic N) is 1. The summed E-state index contributed by atoms with van der Waals surface area (Å²) in [4.78, 5) is 4.05. The molecule has 0 amide bonds. The van der Waals surface area contributed by atoms with Gasteiger partial charge >= 0.3 is 0 Å². The SMILES string of the molecule is Brc1cnccc1C1CCNC1. The normalized spacial score (nSPS) is 22.9. The third-order valence-electron chi connectivity index (χ3n) is 2.30. The van der Waals surface area contributed by atoms with E-state index in [1.807, 2.05) is 12.4 Å². The van der Waals surface area contributed by atoms with Gasteiger partial charge in [0.15, 0.2) is 0 Å². The summed E-state index contributed by atoms with van der Waals surface area (Å²) in [5, 5.41) is 3.36. The molecule has 2 rings (SSSR count). The lowest BCUT2D eigenvalue weighted by atomic mass is 10.00. The van der Waals surface area contributed by atoms with Crippen molar-refractivity contribution in [3.8, 4) is 0 Å². The molecule has 12 heavy (non-hydrogen) atoms. The van der Waals surface area contributed by atoms with E-state index in [1.165, 1.54) is 12.0 Å². The van der Waals surface area contributed by atoms with E-state index in [4.69, 9.17) is 0 Å². The van der Waals surface area contributed by atoms with Crippen LogP contribution in [0, 0.1) is 0 Å². The molecule has 0 spiro atoms. The van der Waals surface area contributed by atoms with E-state index in [0.717, 1.165) is 17.6 Å². The van der Waals surface area contributed by atoms with Crippen molar-refractivity contribution in [2.45, 2.75) is 12.3 Å². The maximum Gasteiger partial charge on any atom is 0.0413 e. The second-order valence-corrected chi connectivity index (χ2v) is 3.94. The molecule has 2 heterocycles. The van der Waals surface area contributed by atoms with Crippen molar-refractivity contribution in [1.82, 2.24) is 10.3 Å². The van der Waals surface area contributed by atoms with Crippen molar-refractivity contribution in [2.24, 2.45) is 0 Å². The van der Waals surface area contributed by atoms with E-state index in [1.54, 1.807) is 0 Å². The van der Waals surface area contributed by atoms with Gasteiger partial charge in [0.2, 0.25) is 0 Å². The van der Waals surface area contributed by atoms with Gasteiger partial charge in [-0.25, -0.2) is 0 Å². The summed E-state index contributed by atoms with van der Waals surface area (Å²) in [6, 6.07) is 2.10. The maximum absolute atomic E-state index is 4.05. The highest BCUT2D eigenvalue weighted by Crippen LogP contribution is 2.27. The Morgan fingerprint density at radius 2 is 2.50 bits per heavy atom. The van der Waals surface area contributed by atoms with E-state index < -0.39 is 0 Å². The zero-order valence-corrected chi connectivity index (χ0v) is 8.34. The molecule has 0 bridgehead atoms. The largest absolute Gasteiger partial charge is 0.316 e. The molecular formula is C9H11BrN2. The molecule has 1 aromatic rings. The van der Waals surface area contributed by atoms with Crippen molar-refractivity contribution in [1.29, 1.82) is 0 Å². The predicted octanol–water partition coefficient (Wildman–Crippen LogP) is 1.92. The lowest BCUT2D eigenvalue weighted by Crippen LogP contribution is -2.08. The summed E-state index contributed by atoms with van der Waals surface area (Å²) in [5.41, 5.74) is 1.38. The third kappa shape index (κ3) is 1.52. The minimum Gasteiger partial charge on any atom is -0.316 e. The van der Waals surface area contributed by atoms with Crippen LogP contribution in [0.2, 0.25) is 0 Å². The Hall–Kier alpha value is -0.410. The predicted molar refractivity (Wildman–Crippen MR) is 52.2 cm³/mol. The van der Waals surface area contributed by atoms with E-state index in [0.29, 0.717) is 5.92 Å². The highest BCUT2D eigenvalue weighted by Gasteiger charge is 2.18. The third-order valence-corrected chi connectivity index (χ3v) is 2.97. The van der Waals surface area contributed by atoms with E-state index >= 15 is 0 Å². The Kier molecular flexibility index (Phi) is 2.42. The molecule has 2 nitrogen and oxygen atoms in total. The zero-order chi connectivity index (χ0) is 8.39. The zero-order valence-electron chi connectivity index (χ0n) is 6.76. The average molecular weight is 227 g/mol. The van der Waals surface area contributed by atoms with Crippen LogP contribution in [-0.2, 0) is 0 Å². The van der Waals surface area contributed by atoms with Gasteiger partial charge < -0.3 is 5.32 Å². The Balaban J connectivity index is 2.26. The Labute approximate surface area is 80.5 Å². The van der Waals surface area contributed by atoms with Gasteiger partial charge in [-0.05, 0) is 46.4 Å². The second-order valence-electron chi connectivity index (χ2n) is 3.09. The molecule has 0 aromatic carbocycles. The maximum atomic E-state index is 4.05. The molecule has 1 unspecified atom stereocenters. The standard InChI is InChI=1S/C9H11BrN2/c10-9-6-12-4-2-8(9)7-1-3-11-5-7/h2,4,6-7,11H,1,3,5H2. The second kappa shape index (κ2) is 3.54. The minimum atomic E-state index is 0.669. The average Bonchev–Trinajstić information content (AvgIpc) is 2.57. The summed E-state index contributed by atoms with van der Waals surface area (Å²) < 4.78 is 1.14. The van der Waals surface area contributed by atoms with Gasteiger partial charge in [-0.1, -0.05) is 0 Å². The molecule has 0 aliphatic carbocycles. The molecule has 1 fully saturated rings. The Morgan fingerprint density at radius 1 is 1.58 bits per heavy atom. The van der Waals surface area contributed by atoms with Gasteiger partial charge in [-0.2, -0.15) is 0 Å². The van der Waals surface area contributed by atoms with Crippen LogP contribution < -0.4 is 5.32 Å². The molecule has 1 aromatic heterocycles. The number of pyridine rings is 1. The van der Waals surface area contributed by atoms with Gasteiger partial charge in [0.1, 0.15) is 0 Å². The van der Waals surface area contributed by atoms with Gasteiger partial charge in [0, 0.05) is 23.4 Å². The smallest absolute Gasteiger partial charge is 0.0413 e. The van der Waals surface area contributed by atoms with Crippen LogP contribution in [0.3, 0.4) is 0 Å². The number of aromatic nitrogens is 1. The van der Waals surface area contributed by atoms with E-state index in [9.17, 15) is 0 Å². The highest BCUT2D eigenvalue weighted by atomic mass is 79.9. The van der Waals surface area contributed by atoms with Crippen molar-refractivity contribution in [3.63, 3.8) is 0 Å². The van der Waals surface area contributed by atoms with Crippen LogP contribution in [0.5, 0.6) is 0 Å². The molecular weight excluding hydrogens is 216 g/mol. The quantitative estimate of drug-likeness (QED) is 0.792. The first-order chi connectivity index (χ1) is 5.88. The van der Waals surface area contributed by atoms with Crippen LogP contribution in [0.15, 0.2) is 22.9 Å². The molecule has 1 saturated heterocycles. The molecule has 1 aliphatic heterocycles. The number of nitrogens with one attached hydrogen (secondary N) is 1. The Bertz CT molecular complexity index is 269. The first kappa shape index (κ1) is 8.20. The molecule has 0 radical (unpaired) electrons. The van der Waals surface area contributed by atoms with Crippen molar-refractivity contribution >= 4 is 15.9 Å². The fourth-order valence-electron chi connectivity index (χ4n) is 1.64. The van der Waals surface area contributed by atoms with Crippen LogP contribution in [0.1, 0.15) is 17.9 Å². The number of halogens is 1. The lowest BCUT2D eigenvalue weighted by Gasteiger charge is -2.09. The van der Waals surface area contributed by atoms with Gasteiger partial charge in [0.05, 0.1) is 0 Å². The van der Waals surface area contributed by atoms with Crippen molar-refractivity contribution in [2.75, 3.05) is 13.1 Å². The van der Waals surface area contributed by atoms with Crippen molar-refractivity contribution in [3.05, 3.63) is 28.5 Å². The molecule has 1 atom stereocenters. The molecule has 1 N–H and O–H groups in total. The van der Waals surface area contributed by atoms with Gasteiger partial charge in [-0.3, -0.25) is 4.98 Å². The van der Waals surface area contributed by atoms with E-state index in [2.05, 4.69) is 32.3 Å². The molecule has 64 valence electrons. The van der Waals surface area contributed by atoms with Crippen molar-refractivity contribution < 1.29 is 0 Å². The lowest BCUT2D eigenvalue weighted by molar-refractivity contribution is 0.757. The number of rotatable bonds is 1. The van der Waals surface area contributed by atoms with Crippen LogP contribution >= 0.6 is 15.9 Å². The summed E-state index contributed by atoms with van der Waals surface area (Å²) in [6.45, 7) is 2.24. The van der Waals surface area contributed by atoms with Crippen LogP contribution in [-0.4, -0.2) is 18.1 Å². The number of hydrogen-bond donors (Lipinski definition) is 1. The molecule has 0 saturated carbocycles. The van der Waals surface area contributed by atoms with Gasteiger partial charge in [-0.15, -0.1) is 0 Å². The summed E-state index contributed by atoms with van der Waals surface area (Å²) in [7, 11) is 0. The summed E-state index contributed by atoms with van der Waals surface area (Å²) >= 11 is 3.52. The van der Waals surface area contributed by atoms with Crippen LogP contribution in [0.4, 0.5) is 0 Å². The topological polar surface area (TPSA) is 24.9 Å². The summed E-state index contributed by atoms with van der Waals surface area (Å²) in [6.07, 6.45) is 4.97. The monoisotopic (exact) mass is 226 g/mol. The minimum absolute atomic E-state index is 0.669. The fourth-order valence-corrected chi connectivity index (χ4v) is 2.21. The van der Waals surface area contributed by atoms with Crippen LogP contribution in [0.25, 0.3) is 0 Å². The van der Waals surface area contributed by atoms with Gasteiger partial charge in [0.25, 0.3) is 0 Å². The fraction of sp³-hybridized carbons (Fsp3) is 0.444. The van der Waals surface area contributed by atoms with E-state index in [-0.39, 0.29) is 0 Å². The summed E-state index contributed by atoms with van der Waals surface area (Å²) in [5.74, 6) is 0.669. The first-order valence-corrected chi connectivity index (χ1v) is 4.97. The highest BCUT2D eigenvalue weighted by molar-refractivity contribution is 9.10. The first-order valence-electron chi connectivity index (χ1n) is 4.18. The number of hydrogen-bond acceptors (Lipinski definition) is 2. The molecule has 1 aliphatic rings. The Morgan fingerprint density at radius 3 is 3.17 bits per heavy atom. The molecule has 3 heteroatoms.